The Morgan fingerprint density at radius 3 is 2.59 bits per heavy atom. The third-order valence-electron chi connectivity index (χ3n) is 2.16. The molecule has 2 rings (SSSR count). The number of halogens is 1. The summed E-state index contributed by atoms with van der Waals surface area (Å²) in [6, 6.07) is 11.4. The number of nitrogens with two attached hydrogens (primary N) is 1. The van der Waals surface area contributed by atoms with Crippen LogP contribution in [0.2, 0.25) is 0 Å². The zero-order chi connectivity index (χ0) is 12.3. The summed E-state index contributed by atoms with van der Waals surface area (Å²) >= 11 is 8.30. The maximum Gasteiger partial charge on any atom is 0.130 e. The summed E-state index contributed by atoms with van der Waals surface area (Å²) < 4.78 is 1.04. The first kappa shape index (κ1) is 12.0. The molecule has 0 atom stereocenters. The molecular formula is C12H10BrN3S. The molecule has 0 radical (unpaired) electrons. The van der Waals surface area contributed by atoms with E-state index in [-0.39, 0.29) is 0 Å². The molecule has 0 saturated carbocycles. The molecule has 0 fully saturated rings. The van der Waals surface area contributed by atoms with E-state index in [1.807, 2.05) is 30.3 Å². The molecule has 1 heterocycles. The van der Waals surface area contributed by atoms with Gasteiger partial charge in [-0.15, -0.1) is 0 Å². The molecule has 0 saturated heterocycles. The third-order valence-corrected chi connectivity index (χ3v) is 2.93. The number of benzene rings is 1. The SMILES string of the molecule is NC(=S)c1ccnc(Nc2ccc(Br)cc2)c1. The van der Waals surface area contributed by atoms with Crippen molar-refractivity contribution < 1.29 is 0 Å². The highest BCUT2D eigenvalue weighted by Crippen LogP contribution is 2.18. The first-order chi connectivity index (χ1) is 8.15. The Kier molecular flexibility index (Phi) is 3.71. The van der Waals surface area contributed by atoms with E-state index >= 15 is 0 Å². The second kappa shape index (κ2) is 5.25. The van der Waals surface area contributed by atoms with Gasteiger partial charge in [0.25, 0.3) is 0 Å². The number of pyridine rings is 1. The molecule has 3 nitrogen and oxygen atoms in total. The Labute approximate surface area is 113 Å². The van der Waals surface area contributed by atoms with Gasteiger partial charge in [-0.1, -0.05) is 28.1 Å². The van der Waals surface area contributed by atoms with Gasteiger partial charge < -0.3 is 11.1 Å². The number of hydrogen-bond acceptors (Lipinski definition) is 3. The summed E-state index contributed by atoms with van der Waals surface area (Å²) in [5.74, 6) is 0.720. The molecule has 5 heteroatoms. The maximum absolute atomic E-state index is 5.57. The van der Waals surface area contributed by atoms with E-state index in [4.69, 9.17) is 18.0 Å². The summed E-state index contributed by atoms with van der Waals surface area (Å²) in [6.07, 6.45) is 1.68. The van der Waals surface area contributed by atoms with Crippen LogP contribution in [0.4, 0.5) is 11.5 Å². The Balaban J connectivity index is 2.21. The van der Waals surface area contributed by atoms with Crippen LogP contribution in [-0.4, -0.2) is 9.97 Å². The van der Waals surface area contributed by atoms with Crippen LogP contribution in [0.15, 0.2) is 47.1 Å². The number of thiocarbonyl (C=S) groups is 1. The number of nitrogens with one attached hydrogen (secondary N) is 1. The fraction of sp³-hybridized carbons (Fsp3) is 0. The predicted octanol–water partition coefficient (Wildman–Crippen LogP) is 3.22. The molecule has 0 bridgehead atoms. The van der Waals surface area contributed by atoms with Gasteiger partial charge in [-0.05, 0) is 36.4 Å². The van der Waals surface area contributed by atoms with Crippen molar-refractivity contribution in [2.45, 2.75) is 0 Å². The zero-order valence-electron chi connectivity index (χ0n) is 8.85. The van der Waals surface area contributed by atoms with Crippen molar-refractivity contribution in [1.82, 2.24) is 4.98 Å². The average Bonchev–Trinajstić information content (AvgIpc) is 2.32. The Morgan fingerprint density at radius 2 is 1.94 bits per heavy atom. The minimum atomic E-state index is 0.367. The van der Waals surface area contributed by atoms with Crippen LogP contribution in [0.5, 0.6) is 0 Å². The fourth-order valence-corrected chi connectivity index (χ4v) is 1.72. The van der Waals surface area contributed by atoms with Crippen LogP contribution in [0.1, 0.15) is 5.56 Å². The van der Waals surface area contributed by atoms with Gasteiger partial charge >= 0.3 is 0 Å². The van der Waals surface area contributed by atoms with Crippen molar-refractivity contribution in [3.05, 3.63) is 52.6 Å². The maximum atomic E-state index is 5.57. The number of anilines is 2. The molecule has 0 amide bonds. The normalized spacial score (nSPS) is 9.94. The Morgan fingerprint density at radius 1 is 1.24 bits per heavy atom. The zero-order valence-corrected chi connectivity index (χ0v) is 11.3. The quantitative estimate of drug-likeness (QED) is 0.855. The van der Waals surface area contributed by atoms with E-state index in [2.05, 4.69) is 26.2 Å². The minimum absolute atomic E-state index is 0.367. The van der Waals surface area contributed by atoms with Gasteiger partial charge in [0.2, 0.25) is 0 Å². The van der Waals surface area contributed by atoms with Crippen LogP contribution >= 0.6 is 28.1 Å². The average molecular weight is 308 g/mol. The highest BCUT2D eigenvalue weighted by molar-refractivity contribution is 9.10. The van der Waals surface area contributed by atoms with Crippen molar-refractivity contribution in [3.63, 3.8) is 0 Å². The molecule has 2 aromatic rings. The Hall–Kier alpha value is -1.46. The second-order valence-corrected chi connectivity index (χ2v) is 4.78. The molecule has 17 heavy (non-hydrogen) atoms. The highest BCUT2D eigenvalue weighted by atomic mass is 79.9. The lowest BCUT2D eigenvalue weighted by molar-refractivity contribution is 1.30. The molecule has 1 aromatic heterocycles. The molecule has 1 aromatic carbocycles. The third kappa shape index (κ3) is 3.25. The second-order valence-electron chi connectivity index (χ2n) is 3.43. The Bertz CT molecular complexity index is 540. The summed E-state index contributed by atoms with van der Waals surface area (Å²) in [6.45, 7) is 0. The van der Waals surface area contributed by atoms with Gasteiger partial charge in [0, 0.05) is 21.9 Å². The largest absolute Gasteiger partial charge is 0.389 e. The summed E-state index contributed by atoms with van der Waals surface area (Å²) in [4.78, 5) is 4.57. The van der Waals surface area contributed by atoms with Gasteiger partial charge in [-0.25, -0.2) is 4.98 Å². The first-order valence-electron chi connectivity index (χ1n) is 4.93. The monoisotopic (exact) mass is 307 g/mol. The topological polar surface area (TPSA) is 50.9 Å². The van der Waals surface area contributed by atoms with E-state index < -0.39 is 0 Å². The van der Waals surface area contributed by atoms with Gasteiger partial charge in [-0.3, -0.25) is 0 Å². The summed E-state index contributed by atoms with van der Waals surface area (Å²) in [7, 11) is 0. The molecule has 0 aliphatic carbocycles. The first-order valence-corrected chi connectivity index (χ1v) is 6.14. The van der Waals surface area contributed by atoms with Gasteiger partial charge in [0.15, 0.2) is 0 Å². The lowest BCUT2D eigenvalue weighted by Gasteiger charge is -2.06. The van der Waals surface area contributed by atoms with Crippen molar-refractivity contribution in [1.29, 1.82) is 0 Å². The van der Waals surface area contributed by atoms with Crippen molar-refractivity contribution in [2.75, 3.05) is 5.32 Å². The molecule has 0 aliphatic rings. The standard InChI is InChI=1S/C12H10BrN3S/c13-9-1-3-10(4-2-9)16-11-7-8(12(14)17)5-6-15-11/h1-7H,(H2,14,17)(H,15,16). The van der Waals surface area contributed by atoms with Gasteiger partial charge in [0.05, 0.1) is 0 Å². The molecule has 3 N–H and O–H groups in total. The van der Waals surface area contributed by atoms with Crippen LogP contribution < -0.4 is 11.1 Å². The van der Waals surface area contributed by atoms with E-state index in [1.54, 1.807) is 12.3 Å². The lowest BCUT2D eigenvalue weighted by atomic mass is 10.2. The van der Waals surface area contributed by atoms with E-state index in [1.165, 1.54) is 0 Å². The van der Waals surface area contributed by atoms with Crippen molar-refractivity contribution >= 4 is 44.6 Å². The van der Waals surface area contributed by atoms with Crippen LogP contribution in [-0.2, 0) is 0 Å². The predicted molar refractivity (Wildman–Crippen MR) is 77.5 cm³/mol. The molecule has 0 spiro atoms. The van der Waals surface area contributed by atoms with Gasteiger partial charge in [0.1, 0.15) is 10.8 Å². The number of nitrogens with zero attached hydrogens (tertiary/aromatic N) is 1. The molecular weight excluding hydrogens is 298 g/mol. The summed E-state index contributed by atoms with van der Waals surface area (Å²) in [5.41, 5.74) is 7.33. The number of rotatable bonds is 3. The number of hydrogen-bond donors (Lipinski definition) is 2. The molecule has 86 valence electrons. The van der Waals surface area contributed by atoms with Crippen LogP contribution in [0.25, 0.3) is 0 Å². The minimum Gasteiger partial charge on any atom is -0.389 e. The van der Waals surface area contributed by atoms with E-state index in [0.29, 0.717) is 4.99 Å². The lowest BCUT2D eigenvalue weighted by Crippen LogP contribution is -2.09. The van der Waals surface area contributed by atoms with Gasteiger partial charge in [-0.2, -0.15) is 0 Å². The summed E-state index contributed by atoms with van der Waals surface area (Å²) in [5, 5.41) is 3.18. The molecule has 0 unspecified atom stereocenters. The fourth-order valence-electron chi connectivity index (χ4n) is 1.33. The highest BCUT2D eigenvalue weighted by Gasteiger charge is 2.00. The van der Waals surface area contributed by atoms with E-state index in [0.717, 1.165) is 21.5 Å². The van der Waals surface area contributed by atoms with Crippen molar-refractivity contribution in [3.8, 4) is 0 Å². The smallest absolute Gasteiger partial charge is 0.130 e. The van der Waals surface area contributed by atoms with E-state index in [9.17, 15) is 0 Å². The van der Waals surface area contributed by atoms with Crippen LogP contribution in [0.3, 0.4) is 0 Å². The van der Waals surface area contributed by atoms with Crippen LogP contribution in [0, 0.1) is 0 Å². The number of aromatic nitrogens is 1. The molecule has 0 aliphatic heterocycles. The van der Waals surface area contributed by atoms with Crippen molar-refractivity contribution in [2.24, 2.45) is 5.73 Å².